The van der Waals surface area contributed by atoms with Crippen molar-refractivity contribution in [2.45, 2.75) is 31.4 Å². The summed E-state index contributed by atoms with van der Waals surface area (Å²) in [5, 5.41) is 5.08. The molecule has 0 bridgehead atoms. The lowest BCUT2D eigenvalue weighted by Gasteiger charge is -2.22. The van der Waals surface area contributed by atoms with E-state index in [1.54, 1.807) is 0 Å². The van der Waals surface area contributed by atoms with E-state index >= 15 is 0 Å². The van der Waals surface area contributed by atoms with Gasteiger partial charge in [-0.3, -0.25) is 14.5 Å². The third kappa shape index (κ3) is 4.87. The number of hydrogen-bond acceptors (Lipinski definition) is 6. The number of benzene rings is 1. The van der Waals surface area contributed by atoms with Crippen LogP contribution in [0, 0.1) is 11.6 Å². The third-order valence-corrected chi connectivity index (χ3v) is 5.26. The van der Waals surface area contributed by atoms with E-state index in [0.29, 0.717) is 6.42 Å². The number of nitrogens with one attached hydrogen (secondary N) is 2. The Morgan fingerprint density at radius 1 is 1.31 bits per heavy atom. The quantitative estimate of drug-likeness (QED) is 0.473. The summed E-state index contributed by atoms with van der Waals surface area (Å²) in [5.74, 6) is -3.75. The van der Waals surface area contributed by atoms with Gasteiger partial charge in [-0.05, 0) is 0 Å². The first-order valence-corrected chi connectivity index (χ1v) is 9.85. The minimum Gasteiger partial charge on any atom is -0.438 e. The first-order chi connectivity index (χ1) is 15.1. The van der Waals surface area contributed by atoms with Crippen LogP contribution in [0.5, 0.6) is 0 Å². The summed E-state index contributed by atoms with van der Waals surface area (Å²) in [7, 11) is 0. The Bertz CT molecular complexity index is 895. The lowest BCUT2D eigenvalue weighted by molar-refractivity contribution is -0.142. The molecule has 1 spiro atoms. The molecule has 1 heterocycles. The maximum Gasteiger partial charge on any atom is 0.415 e. The lowest BCUT2D eigenvalue weighted by Crippen LogP contribution is -2.41. The van der Waals surface area contributed by atoms with Crippen LogP contribution in [-0.2, 0) is 14.3 Å². The standard InChI is InChI=1S/C19H23F4N5O4/c1-10(29)26-14-8-19(14)9-28(18(31)32-19)11-6-12(20)15(13(21)7-11)25-3-5-27(4-2-24)17(30)16(22)23/h6-7,14,16,25H,2-5,8-9,24H2,1H3,(H,26,29)/t14-,19-/m0/s1. The van der Waals surface area contributed by atoms with Crippen LogP contribution in [0.2, 0.25) is 0 Å². The van der Waals surface area contributed by atoms with E-state index in [9.17, 15) is 31.9 Å². The highest BCUT2D eigenvalue weighted by Crippen LogP contribution is 2.46. The van der Waals surface area contributed by atoms with Crippen LogP contribution in [0.25, 0.3) is 0 Å². The molecule has 32 heavy (non-hydrogen) atoms. The zero-order chi connectivity index (χ0) is 23.6. The summed E-state index contributed by atoms with van der Waals surface area (Å²) >= 11 is 0. The number of carbonyl (C=O) groups is 3. The molecular formula is C19H23F4N5O4. The highest BCUT2D eigenvalue weighted by molar-refractivity contribution is 5.91. The van der Waals surface area contributed by atoms with Crippen molar-refractivity contribution in [3.05, 3.63) is 23.8 Å². The number of ether oxygens (including phenoxy) is 1. The van der Waals surface area contributed by atoms with Gasteiger partial charge in [-0.1, -0.05) is 0 Å². The average Bonchev–Trinajstić information content (AvgIpc) is 3.23. The van der Waals surface area contributed by atoms with Crippen molar-refractivity contribution in [1.29, 1.82) is 0 Å². The van der Waals surface area contributed by atoms with Gasteiger partial charge in [0.15, 0.2) is 17.2 Å². The first kappa shape index (κ1) is 23.6. The monoisotopic (exact) mass is 461 g/mol. The van der Waals surface area contributed by atoms with Crippen molar-refractivity contribution < 1.29 is 36.7 Å². The number of nitrogens with two attached hydrogens (primary N) is 1. The van der Waals surface area contributed by atoms with Crippen LogP contribution in [-0.4, -0.2) is 73.6 Å². The molecule has 2 aliphatic rings. The predicted octanol–water partition coefficient (Wildman–Crippen LogP) is 1.03. The Morgan fingerprint density at radius 2 is 1.97 bits per heavy atom. The van der Waals surface area contributed by atoms with Crippen LogP contribution < -0.4 is 21.3 Å². The molecule has 176 valence electrons. The summed E-state index contributed by atoms with van der Waals surface area (Å²) in [6, 6.07) is 1.50. The van der Waals surface area contributed by atoms with E-state index in [1.807, 2.05) is 0 Å². The second-order valence-corrected chi connectivity index (χ2v) is 7.60. The Kier molecular flexibility index (Phi) is 6.77. The Hall–Kier alpha value is -3.09. The molecule has 0 unspecified atom stereocenters. The number of anilines is 2. The van der Waals surface area contributed by atoms with Gasteiger partial charge >= 0.3 is 12.5 Å². The molecule has 13 heteroatoms. The first-order valence-electron chi connectivity index (χ1n) is 9.85. The fraction of sp³-hybridized carbons (Fsp3) is 0.526. The maximum atomic E-state index is 14.5. The Labute approximate surface area is 180 Å². The predicted molar refractivity (Wildman–Crippen MR) is 105 cm³/mol. The molecule has 1 aliphatic heterocycles. The zero-order valence-electron chi connectivity index (χ0n) is 17.2. The number of rotatable bonds is 9. The molecule has 3 amide bonds. The van der Waals surface area contributed by atoms with E-state index < -0.39 is 41.3 Å². The van der Waals surface area contributed by atoms with Gasteiger partial charge in [0.05, 0.1) is 18.3 Å². The number of nitrogens with zero attached hydrogens (tertiary/aromatic N) is 2. The van der Waals surface area contributed by atoms with Crippen LogP contribution in [0.1, 0.15) is 13.3 Å². The highest BCUT2D eigenvalue weighted by atomic mass is 19.3. The van der Waals surface area contributed by atoms with Crippen molar-refractivity contribution in [3.63, 3.8) is 0 Å². The van der Waals surface area contributed by atoms with Gasteiger partial charge in [0.2, 0.25) is 5.91 Å². The van der Waals surface area contributed by atoms with Gasteiger partial charge in [0.1, 0.15) is 5.69 Å². The van der Waals surface area contributed by atoms with Crippen molar-refractivity contribution >= 4 is 29.3 Å². The molecule has 0 aromatic heterocycles. The second kappa shape index (κ2) is 9.18. The Balaban J connectivity index is 1.65. The van der Waals surface area contributed by atoms with Crippen molar-refractivity contribution in [2.24, 2.45) is 5.73 Å². The van der Waals surface area contributed by atoms with Gasteiger partial charge in [0, 0.05) is 51.7 Å². The topological polar surface area (TPSA) is 117 Å². The number of halogens is 4. The molecule has 1 saturated heterocycles. The SMILES string of the molecule is CC(=O)N[C@H]1C[C@]12CN(c1cc(F)c(NCCN(CCN)C(=O)C(F)F)c(F)c1)C(=O)O2. The molecule has 0 radical (unpaired) electrons. The normalized spacial score (nSPS) is 21.7. The smallest absolute Gasteiger partial charge is 0.415 e. The Morgan fingerprint density at radius 3 is 2.53 bits per heavy atom. The van der Waals surface area contributed by atoms with E-state index in [1.165, 1.54) is 6.92 Å². The highest BCUT2D eigenvalue weighted by Gasteiger charge is 2.64. The summed E-state index contributed by atoms with van der Waals surface area (Å²) in [5.41, 5.74) is 3.78. The number of alkyl halides is 2. The van der Waals surface area contributed by atoms with E-state index in [4.69, 9.17) is 10.5 Å². The molecule has 4 N–H and O–H groups in total. The van der Waals surface area contributed by atoms with E-state index in [0.717, 1.165) is 21.9 Å². The fourth-order valence-corrected chi connectivity index (χ4v) is 3.62. The molecule has 1 aromatic carbocycles. The van der Waals surface area contributed by atoms with Gasteiger partial charge < -0.3 is 26.0 Å². The van der Waals surface area contributed by atoms with Crippen LogP contribution >= 0.6 is 0 Å². The van der Waals surface area contributed by atoms with Crippen molar-refractivity contribution in [2.75, 3.05) is 42.9 Å². The number of amides is 3. The van der Waals surface area contributed by atoms with Crippen LogP contribution in [0.15, 0.2) is 12.1 Å². The van der Waals surface area contributed by atoms with Crippen molar-refractivity contribution in [3.8, 4) is 0 Å². The molecular weight excluding hydrogens is 438 g/mol. The fourth-order valence-electron chi connectivity index (χ4n) is 3.62. The van der Waals surface area contributed by atoms with E-state index in [-0.39, 0.29) is 50.4 Å². The van der Waals surface area contributed by atoms with E-state index in [2.05, 4.69) is 10.6 Å². The minimum atomic E-state index is -3.21. The van der Waals surface area contributed by atoms with Gasteiger partial charge in [0.25, 0.3) is 5.91 Å². The lowest BCUT2D eigenvalue weighted by atomic mass is 10.2. The van der Waals surface area contributed by atoms with Crippen LogP contribution in [0.4, 0.5) is 33.7 Å². The molecule has 1 saturated carbocycles. The molecule has 1 aromatic rings. The summed E-state index contributed by atoms with van der Waals surface area (Å²) in [6.45, 7) is 0.715. The summed E-state index contributed by atoms with van der Waals surface area (Å²) in [4.78, 5) is 36.7. The molecule has 9 nitrogen and oxygen atoms in total. The maximum absolute atomic E-state index is 14.5. The molecule has 2 atom stereocenters. The van der Waals surface area contributed by atoms with Gasteiger partial charge in [-0.2, -0.15) is 8.78 Å². The molecule has 2 fully saturated rings. The summed E-state index contributed by atoms with van der Waals surface area (Å²) < 4.78 is 59.6. The summed E-state index contributed by atoms with van der Waals surface area (Å²) in [6.07, 6.45) is -3.61. The third-order valence-electron chi connectivity index (χ3n) is 5.26. The average molecular weight is 461 g/mol. The number of carbonyl (C=O) groups excluding carboxylic acids is 3. The molecule has 1 aliphatic carbocycles. The minimum absolute atomic E-state index is 0.0201. The molecule has 3 rings (SSSR count). The van der Waals surface area contributed by atoms with Crippen molar-refractivity contribution in [1.82, 2.24) is 10.2 Å². The number of hydrogen-bond donors (Lipinski definition) is 3. The largest absolute Gasteiger partial charge is 0.438 e. The van der Waals surface area contributed by atoms with Gasteiger partial charge in [-0.15, -0.1) is 0 Å². The van der Waals surface area contributed by atoms with Gasteiger partial charge in [-0.25, -0.2) is 13.6 Å². The zero-order valence-corrected chi connectivity index (χ0v) is 17.2. The van der Waals surface area contributed by atoms with Crippen LogP contribution in [0.3, 0.4) is 0 Å². The second-order valence-electron chi connectivity index (χ2n) is 7.60.